The molecule has 0 aromatic carbocycles. The summed E-state index contributed by atoms with van der Waals surface area (Å²) >= 11 is 1.63. The molecule has 1 aromatic rings. The van der Waals surface area contributed by atoms with Crippen molar-refractivity contribution in [3.8, 4) is 0 Å². The number of fused-ring (bicyclic) bond motifs is 2. The fraction of sp³-hybridized carbons (Fsp3) is 0.609. The molecule has 0 spiro atoms. The molecule has 5 nitrogen and oxygen atoms in total. The molecular formula is C23H28N2O3S. The highest BCUT2D eigenvalue weighted by molar-refractivity contribution is 7.10. The number of hydrogen-bond acceptors (Lipinski definition) is 4. The Bertz CT molecular complexity index is 893. The average molecular weight is 413 g/mol. The van der Waals surface area contributed by atoms with Gasteiger partial charge in [-0.15, -0.1) is 11.3 Å². The number of carbonyl (C=O) groups is 3. The number of allylic oxidation sites excluding steroid dienone is 2. The van der Waals surface area contributed by atoms with Crippen molar-refractivity contribution in [1.29, 1.82) is 0 Å². The van der Waals surface area contributed by atoms with Crippen LogP contribution >= 0.6 is 11.3 Å². The molecule has 2 heterocycles. The van der Waals surface area contributed by atoms with E-state index in [0.29, 0.717) is 11.5 Å². The molecule has 5 aliphatic rings. The minimum atomic E-state index is -0.322. The Morgan fingerprint density at radius 3 is 2.24 bits per heavy atom. The third-order valence-electron chi connectivity index (χ3n) is 7.60. The monoisotopic (exact) mass is 412 g/mol. The highest BCUT2D eigenvalue weighted by Crippen LogP contribution is 2.49. The lowest BCUT2D eigenvalue weighted by Crippen LogP contribution is -2.47. The van der Waals surface area contributed by atoms with E-state index in [-0.39, 0.29) is 46.8 Å². The van der Waals surface area contributed by atoms with Crippen molar-refractivity contribution in [2.24, 2.45) is 35.0 Å². The van der Waals surface area contributed by atoms with E-state index in [1.165, 1.54) is 4.88 Å². The van der Waals surface area contributed by atoms with Crippen LogP contribution in [0.4, 0.5) is 0 Å². The SMILES string of the molecule is CC(C)(C)[C@H]1CCc2c(C(=O)NN3C(=O)[C@@H]4[C@H](C3=O)[C@@H]3C=C[C@@H]4CC3)csc2C1. The zero-order valence-electron chi connectivity index (χ0n) is 17.2. The van der Waals surface area contributed by atoms with Gasteiger partial charge in [0.2, 0.25) is 0 Å². The number of thiophene rings is 1. The Morgan fingerprint density at radius 2 is 1.69 bits per heavy atom. The lowest BCUT2D eigenvalue weighted by molar-refractivity contribution is -0.143. The number of hydrogen-bond donors (Lipinski definition) is 1. The van der Waals surface area contributed by atoms with Gasteiger partial charge in [0.25, 0.3) is 17.7 Å². The van der Waals surface area contributed by atoms with Crippen molar-refractivity contribution in [2.75, 3.05) is 0 Å². The molecule has 1 aromatic heterocycles. The summed E-state index contributed by atoms with van der Waals surface area (Å²) < 4.78 is 0. The fourth-order valence-corrected chi connectivity index (χ4v) is 6.95. The van der Waals surface area contributed by atoms with Gasteiger partial charge in [-0.3, -0.25) is 19.8 Å². The Kier molecular flexibility index (Phi) is 4.28. The fourth-order valence-electron chi connectivity index (χ4n) is 5.79. The molecule has 6 heteroatoms. The van der Waals surface area contributed by atoms with Crippen LogP contribution in [-0.4, -0.2) is 22.7 Å². The van der Waals surface area contributed by atoms with Crippen LogP contribution in [-0.2, 0) is 22.4 Å². The molecule has 6 rings (SSSR count). The van der Waals surface area contributed by atoms with E-state index in [0.717, 1.165) is 42.7 Å². The number of nitrogens with one attached hydrogen (secondary N) is 1. The van der Waals surface area contributed by atoms with E-state index in [2.05, 4.69) is 38.3 Å². The first-order valence-electron chi connectivity index (χ1n) is 10.7. The number of nitrogens with zero attached hydrogens (tertiary/aromatic N) is 1. The van der Waals surface area contributed by atoms with Crippen LogP contribution in [0.3, 0.4) is 0 Å². The zero-order valence-corrected chi connectivity index (χ0v) is 18.1. The highest BCUT2D eigenvalue weighted by Gasteiger charge is 2.57. The van der Waals surface area contributed by atoms with Gasteiger partial charge in [-0.25, -0.2) is 0 Å². The molecule has 1 saturated heterocycles. The second-order valence-electron chi connectivity index (χ2n) is 10.2. The topological polar surface area (TPSA) is 66.5 Å². The van der Waals surface area contributed by atoms with Gasteiger partial charge in [0, 0.05) is 10.3 Å². The molecule has 154 valence electrons. The van der Waals surface area contributed by atoms with Gasteiger partial charge in [-0.1, -0.05) is 32.9 Å². The van der Waals surface area contributed by atoms with Gasteiger partial charge >= 0.3 is 0 Å². The van der Waals surface area contributed by atoms with E-state index >= 15 is 0 Å². The Morgan fingerprint density at radius 1 is 1.07 bits per heavy atom. The van der Waals surface area contributed by atoms with Crippen molar-refractivity contribution in [2.45, 2.75) is 52.9 Å². The van der Waals surface area contributed by atoms with Crippen molar-refractivity contribution < 1.29 is 14.4 Å². The molecule has 2 fully saturated rings. The van der Waals surface area contributed by atoms with Gasteiger partial charge in [0.15, 0.2) is 0 Å². The average Bonchev–Trinajstić information content (AvgIpc) is 3.24. The summed E-state index contributed by atoms with van der Waals surface area (Å²) in [7, 11) is 0. The van der Waals surface area contributed by atoms with Crippen molar-refractivity contribution in [3.63, 3.8) is 0 Å². The smallest absolute Gasteiger partial charge is 0.271 e. The van der Waals surface area contributed by atoms with Crippen LogP contribution < -0.4 is 5.43 Å². The van der Waals surface area contributed by atoms with Crippen LogP contribution in [0, 0.1) is 35.0 Å². The molecular weight excluding hydrogens is 384 g/mol. The van der Waals surface area contributed by atoms with E-state index in [4.69, 9.17) is 0 Å². The summed E-state index contributed by atoms with van der Waals surface area (Å²) in [5, 5.41) is 2.93. The maximum Gasteiger partial charge on any atom is 0.271 e. The summed E-state index contributed by atoms with van der Waals surface area (Å²) in [5.41, 5.74) is 4.66. The largest absolute Gasteiger partial charge is 0.272 e. The van der Waals surface area contributed by atoms with E-state index in [1.54, 1.807) is 11.3 Å². The second kappa shape index (κ2) is 6.53. The molecule has 1 aliphatic heterocycles. The maximum atomic E-state index is 13.0. The lowest BCUT2D eigenvalue weighted by atomic mass is 9.63. The van der Waals surface area contributed by atoms with Crippen LogP contribution in [0.15, 0.2) is 17.5 Å². The first kappa shape index (κ1) is 19.0. The van der Waals surface area contributed by atoms with Crippen molar-refractivity contribution in [3.05, 3.63) is 33.5 Å². The zero-order chi connectivity index (χ0) is 20.5. The quantitative estimate of drug-likeness (QED) is 0.594. The van der Waals surface area contributed by atoms with Crippen LogP contribution in [0.1, 0.15) is 60.8 Å². The highest BCUT2D eigenvalue weighted by atomic mass is 32.1. The molecule has 29 heavy (non-hydrogen) atoms. The predicted octanol–water partition coefficient (Wildman–Crippen LogP) is 3.74. The first-order chi connectivity index (χ1) is 13.8. The molecule has 1 saturated carbocycles. The Labute approximate surface area is 175 Å². The number of amides is 3. The van der Waals surface area contributed by atoms with Gasteiger partial charge < -0.3 is 0 Å². The molecule has 3 amide bonds. The summed E-state index contributed by atoms with van der Waals surface area (Å²) in [5.74, 6) is -0.507. The maximum absolute atomic E-state index is 13.0. The molecule has 0 radical (unpaired) electrons. The third-order valence-corrected chi connectivity index (χ3v) is 8.65. The Hall–Kier alpha value is -1.95. The number of hydrazine groups is 1. The minimum Gasteiger partial charge on any atom is -0.272 e. The standard InChI is InChI=1S/C23H28N2O3S/c1-23(2,3)14-8-9-15-16(11-29-17(15)10-14)20(26)24-25-21(27)18-12-4-5-13(7-6-12)19(18)22(25)28/h4-5,11-14,18-19H,6-10H2,1-3H3,(H,24,26)/t12-,13-,14+,18-,19+/m1/s1. The molecule has 5 atom stereocenters. The van der Waals surface area contributed by atoms with Crippen LogP contribution in [0.5, 0.6) is 0 Å². The van der Waals surface area contributed by atoms with E-state index in [9.17, 15) is 14.4 Å². The minimum absolute atomic E-state index is 0.131. The van der Waals surface area contributed by atoms with Gasteiger partial charge in [-0.05, 0) is 60.8 Å². The van der Waals surface area contributed by atoms with Crippen molar-refractivity contribution >= 4 is 29.1 Å². The summed E-state index contributed by atoms with van der Waals surface area (Å²) in [6, 6.07) is 0. The first-order valence-corrected chi connectivity index (χ1v) is 11.6. The Balaban J connectivity index is 1.34. The third kappa shape index (κ3) is 2.90. The van der Waals surface area contributed by atoms with Crippen LogP contribution in [0.25, 0.3) is 0 Å². The van der Waals surface area contributed by atoms with E-state index < -0.39 is 0 Å². The summed E-state index contributed by atoms with van der Waals surface area (Å²) in [4.78, 5) is 40.2. The second-order valence-corrected chi connectivity index (χ2v) is 11.1. The van der Waals surface area contributed by atoms with Crippen molar-refractivity contribution in [1.82, 2.24) is 10.4 Å². The van der Waals surface area contributed by atoms with Gasteiger partial charge in [0.05, 0.1) is 17.4 Å². The number of imide groups is 1. The number of rotatable bonds is 2. The molecule has 4 aliphatic carbocycles. The molecule has 2 bridgehead atoms. The summed E-state index contributed by atoms with van der Waals surface area (Å²) in [6.45, 7) is 6.82. The van der Waals surface area contributed by atoms with Gasteiger partial charge in [-0.2, -0.15) is 5.01 Å². The molecule has 1 N–H and O–H groups in total. The van der Waals surface area contributed by atoms with Crippen LogP contribution in [0.2, 0.25) is 0 Å². The summed E-state index contributed by atoms with van der Waals surface area (Å²) in [6.07, 6.45) is 9.03. The predicted molar refractivity (Wildman–Crippen MR) is 111 cm³/mol. The van der Waals surface area contributed by atoms with E-state index in [1.807, 2.05) is 5.38 Å². The molecule has 0 unspecified atom stereocenters. The normalized spacial score (nSPS) is 33.1. The number of carbonyl (C=O) groups excluding carboxylic acids is 3. The van der Waals surface area contributed by atoms with Gasteiger partial charge in [0.1, 0.15) is 0 Å². The lowest BCUT2D eigenvalue weighted by Gasteiger charge is -2.37.